The van der Waals surface area contributed by atoms with Gasteiger partial charge in [-0.15, -0.1) is 10.6 Å². The van der Waals surface area contributed by atoms with Gasteiger partial charge in [-0.2, -0.15) is 0 Å². The van der Waals surface area contributed by atoms with Crippen LogP contribution in [0, 0.1) is 0 Å². The van der Waals surface area contributed by atoms with Crippen molar-refractivity contribution in [2.75, 3.05) is 6.61 Å². The molecule has 1 aliphatic heterocycles. The largest absolute Gasteiger partial charge is 0.492 e. The number of fused-ring (bicyclic) bond motifs is 1. The minimum atomic E-state index is -2.98. The fraction of sp³-hybridized carbons (Fsp3) is 0.375. The van der Waals surface area contributed by atoms with Gasteiger partial charge in [-0.1, -0.05) is 69.4 Å². The summed E-state index contributed by atoms with van der Waals surface area (Å²) in [6, 6.07) is 12.6. The van der Waals surface area contributed by atoms with Gasteiger partial charge in [0.25, 0.3) is 0 Å². The summed E-state index contributed by atoms with van der Waals surface area (Å²) >= 11 is 0. The molecule has 162 valence electrons. The first-order valence-corrected chi connectivity index (χ1v) is 12.1. The minimum absolute atomic E-state index is 0.165. The molecule has 0 saturated carbocycles. The summed E-state index contributed by atoms with van der Waals surface area (Å²) in [5, 5.41) is 1.37. The van der Waals surface area contributed by atoms with Crippen LogP contribution in [0.3, 0.4) is 0 Å². The van der Waals surface area contributed by atoms with Gasteiger partial charge in [0.15, 0.2) is 0 Å². The van der Waals surface area contributed by atoms with Crippen LogP contribution in [0.25, 0.3) is 6.08 Å². The standard InChI is InChI=1S/C24H30O5S/c1-2-3-4-5-6-10-16-28-23-20-15-17-30(26,27)22(20)14-13-21(23)24(25)29-18-19-11-8-7-9-12-19/h7-9,11-15,17,26-27H,2-6,10,16,18H2,1H3. The minimum Gasteiger partial charge on any atom is -0.492 e. The number of benzene rings is 2. The van der Waals surface area contributed by atoms with E-state index >= 15 is 0 Å². The molecule has 0 fully saturated rings. The van der Waals surface area contributed by atoms with Crippen LogP contribution in [-0.2, 0) is 11.3 Å². The molecule has 30 heavy (non-hydrogen) atoms. The number of carbonyl (C=O) groups excluding carboxylic acids is 1. The molecule has 0 unspecified atom stereocenters. The first-order chi connectivity index (χ1) is 14.5. The van der Waals surface area contributed by atoms with Gasteiger partial charge in [0.05, 0.1) is 11.5 Å². The average Bonchev–Trinajstić information content (AvgIpc) is 3.07. The van der Waals surface area contributed by atoms with Crippen LogP contribution >= 0.6 is 10.6 Å². The summed E-state index contributed by atoms with van der Waals surface area (Å²) in [5.74, 6) is -0.121. The Morgan fingerprint density at radius 2 is 1.70 bits per heavy atom. The van der Waals surface area contributed by atoms with E-state index in [4.69, 9.17) is 9.47 Å². The van der Waals surface area contributed by atoms with Gasteiger partial charge in [0.2, 0.25) is 0 Å². The van der Waals surface area contributed by atoms with Crippen molar-refractivity contribution in [3.05, 3.63) is 64.6 Å². The molecule has 6 heteroatoms. The van der Waals surface area contributed by atoms with Gasteiger partial charge in [0.1, 0.15) is 17.9 Å². The summed E-state index contributed by atoms with van der Waals surface area (Å²) in [4.78, 5) is 13.2. The maximum atomic E-state index is 12.8. The molecule has 0 radical (unpaired) electrons. The third kappa shape index (κ3) is 5.65. The van der Waals surface area contributed by atoms with Gasteiger partial charge in [-0.3, -0.25) is 9.11 Å². The molecule has 0 atom stereocenters. The number of unbranched alkanes of at least 4 members (excludes halogenated alkanes) is 5. The van der Waals surface area contributed by atoms with E-state index in [1.807, 2.05) is 30.3 Å². The van der Waals surface area contributed by atoms with Gasteiger partial charge >= 0.3 is 5.97 Å². The Morgan fingerprint density at radius 3 is 2.47 bits per heavy atom. The maximum Gasteiger partial charge on any atom is 0.342 e. The summed E-state index contributed by atoms with van der Waals surface area (Å²) in [6.07, 6.45) is 8.40. The molecule has 2 N–H and O–H groups in total. The lowest BCUT2D eigenvalue weighted by Gasteiger charge is -2.26. The van der Waals surface area contributed by atoms with E-state index in [0.29, 0.717) is 28.4 Å². The Kier molecular flexibility index (Phi) is 7.96. The molecule has 3 rings (SSSR count). The summed E-state index contributed by atoms with van der Waals surface area (Å²) in [6.45, 7) is 2.82. The van der Waals surface area contributed by atoms with Gasteiger partial charge < -0.3 is 9.47 Å². The SMILES string of the molecule is CCCCCCCCOc1c(C(=O)OCc2ccccc2)ccc2c1C=CS2(O)O. The Bertz CT molecular complexity index is 877. The summed E-state index contributed by atoms with van der Waals surface area (Å²) in [5.41, 5.74) is 1.75. The molecule has 1 aliphatic rings. The lowest BCUT2D eigenvalue weighted by molar-refractivity contribution is 0.0467. The summed E-state index contributed by atoms with van der Waals surface area (Å²) in [7, 11) is -2.98. The average molecular weight is 431 g/mol. The predicted octanol–water partition coefficient (Wildman–Crippen LogP) is 6.88. The van der Waals surface area contributed by atoms with Crippen LogP contribution in [0.15, 0.2) is 52.8 Å². The molecule has 5 nitrogen and oxygen atoms in total. The zero-order valence-electron chi connectivity index (χ0n) is 17.4. The number of esters is 1. The van der Waals surface area contributed by atoms with E-state index in [9.17, 15) is 13.9 Å². The van der Waals surface area contributed by atoms with Crippen molar-refractivity contribution in [3.63, 3.8) is 0 Å². The number of carbonyl (C=O) groups is 1. The molecule has 0 aliphatic carbocycles. The van der Waals surface area contributed by atoms with Crippen LogP contribution in [-0.4, -0.2) is 21.7 Å². The van der Waals surface area contributed by atoms with Crippen LogP contribution in [0.1, 0.15) is 66.9 Å². The Morgan fingerprint density at radius 1 is 0.967 bits per heavy atom. The highest BCUT2D eigenvalue weighted by atomic mass is 32.3. The van der Waals surface area contributed by atoms with Crippen molar-refractivity contribution in [3.8, 4) is 5.75 Å². The highest BCUT2D eigenvalue weighted by molar-refractivity contribution is 8.27. The van der Waals surface area contributed by atoms with E-state index in [1.54, 1.807) is 18.2 Å². The van der Waals surface area contributed by atoms with E-state index in [1.165, 1.54) is 24.7 Å². The second-order valence-electron chi connectivity index (χ2n) is 7.43. The van der Waals surface area contributed by atoms with Gasteiger partial charge in [-0.05, 0) is 30.2 Å². The van der Waals surface area contributed by atoms with Crippen molar-refractivity contribution in [1.82, 2.24) is 0 Å². The molecule has 1 heterocycles. The third-order valence-corrected chi connectivity index (χ3v) is 6.60. The van der Waals surface area contributed by atoms with E-state index < -0.39 is 16.6 Å². The van der Waals surface area contributed by atoms with E-state index in [-0.39, 0.29) is 6.61 Å². The van der Waals surface area contributed by atoms with Crippen LogP contribution in [0.4, 0.5) is 0 Å². The molecule has 0 saturated heterocycles. The number of rotatable bonds is 11. The molecule has 0 amide bonds. The fourth-order valence-corrected chi connectivity index (χ4v) is 4.64. The lowest BCUT2D eigenvalue weighted by Crippen LogP contribution is -2.11. The molecular weight excluding hydrogens is 400 g/mol. The molecule has 2 aromatic rings. The van der Waals surface area contributed by atoms with Gasteiger partial charge in [0, 0.05) is 11.0 Å². The molecular formula is C24H30O5S. The van der Waals surface area contributed by atoms with Crippen molar-refractivity contribution < 1.29 is 23.4 Å². The number of hydrogen-bond acceptors (Lipinski definition) is 5. The molecule has 2 aromatic carbocycles. The normalized spacial score (nSPS) is 14.9. The molecule has 0 bridgehead atoms. The quantitative estimate of drug-likeness (QED) is 0.300. The summed E-state index contributed by atoms with van der Waals surface area (Å²) < 4.78 is 31.9. The van der Waals surface area contributed by atoms with Crippen LogP contribution in [0.5, 0.6) is 5.75 Å². The van der Waals surface area contributed by atoms with Crippen molar-refractivity contribution in [2.24, 2.45) is 0 Å². The molecule has 0 spiro atoms. The maximum absolute atomic E-state index is 12.8. The smallest absolute Gasteiger partial charge is 0.342 e. The highest BCUT2D eigenvalue weighted by Crippen LogP contribution is 2.58. The highest BCUT2D eigenvalue weighted by Gasteiger charge is 2.28. The van der Waals surface area contributed by atoms with Crippen molar-refractivity contribution in [1.29, 1.82) is 0 Å². The lowest BCUT2D eigenvalue weighted by atomic mass is 10.1. The third-order valence-electron chi connectivity index (χ3n) is 5.08. The second kappa shape index (κ2) is 10.7. The second-order valence-corrected chi connectivity index (χ2v) is 9.33. The fourth-order valence-electron chi connectivity index (χ4n) is 3.41. The topological polar surface area (TPSA) is 76.0 Å². The van der Waals surface area contributed by atoms with Crippen molar-refractivity contribution in [2.45, 2.75) is 57.0 Å². The van der Waals surface area contributed by atoms with Crippen LogP contribution < -0.4 is 4.74 Å². The first-order valence-electron chi connectivity index (χ1n) is 10.5. The van der Waals surface area contributed by atoms with E-state index in [0.717, 1.165) is 24.8 Å². The Balaban J connectivity index is 1.70. The predicted molar refractivity (Wildman–Crippen MR) is 121 cm³/mol. The van der Waals surface area contributed by atoms with E-state index in [2.05, 4.69) is 6.92 Å². The molecule has 0 aromatic heterocycles. The van der Waals surface area contributed by atoms with Crippen LogP contribution in [0.2, 0.25) is 0 Å². The first kappa shape index (κ1) is 22.4. The zero-order chi connectivity index (χ0) is 21.4. The number of ether oxygens (including phenoxy) is 2. The zero-order valence-corrected chi connectivity index (χ0v) is 18.2. The van der Waals surface area contributed by atoms with Gasteiger partial charge in [-0.25, -0.2) is 4.79 Å². The van der Waals surface area contributed by atoms with Crippen molar-refractivity contribution >= 4 is 22.6 Å². The Labute approximate surface area is 180 Å². The number of hydrogen-bond donors (Lipinski definition) is 2. The monoisotopic (exact) mass is 430 g/mol. The Hall–Kier alpha value is -2.28.